The summed E-state index contributed by atoms with van der Waals surface area (Å²) in [6.45, 7) is 2.48. The molecule has 0 atom stereocenters. The zero-order valence-corrected chi connectivity index (χ0v) is 14.2. The number of thiocarbonyl (C=S) groups is 1. The van der Waals surface area contributed by atoms with Crippen LogP contribution in [0.4, 0.5) is 0 Å². The third-order valence-corrected chi connectivity index (χ3v) is 3.84. The van der Waals surface area contributed by atoms with Gasteiger partial charge in [0.15, 0.2) is 10.8 Å². The fourth-order valence-corrected chi connectivity index (χ4v) is 2.63. The molecule has 0 aliphatic rings. The molecule has 0 fully saturated rings. The van der Waals surface area contributed by atoms with Crippen molar-refractivity contribution in [3.8, 4) is 5.75 Å². The Morgan fingerprint density at radius 2 is 1.70 bits per heavy atom. The topological polar surface area (TPSA) is 35.5 Å². The van der Waals surface area contributed by atoms with E-state index in [-0.39, 0.29) is 5.78 Å². The van der Waals surface area contributed by atoms with Crippen LogP contribution in [-0.2, 0) is 11.2 Å². The molecule has 0 amide bonds. The van der Waals surface area contributed by atoms with Gasteiger partial charge in [-0.05, 0) is 43.3 Å². The Labute approximate surface area is 142 Å². The molecular weight excluding hydrogens is 308 g/mol. The summed E-state index contributed by atoms with van der Waals surface area (Å²) in [7, 11) is 1.57. The quantitative estimate of drug-likeness (QED) is 0.563. The number of ketones is 1. The lowest BCUT2D eigenvalue weighted by Gasteiger charge is -2.11. The minimum absolute atomic E-state index is 0.0413. The molecular formula is C19H20O3S. The molecule has 0 unspecified atom stereocenters. The molecule has 0 saturated heterocycles. The highest BCUT2D eigenvalue weighted by molar-refractivity contribution is 7.80. The van der Waals surface area contributed by atoms with Gasteiger partial charge in [0.1, 0.15) is 5.75 Å². The lowest BCUT2D eigenvalue weighted by Crippen LogP contribution is -2.09. The van der Waals surface area contributed by atoms with E-state index in [1.807, 2.05) is 43.3 Å². The second-order valence-electron chi connectivity index (χ2n) is 4.99. The van der Waals surface area contributed by atoms with E-state index in [1.54, 1.807) is 19.2 Å². The van der Waals surface area contributed by atoms with E-state index in [0.717, 1.165) is 5.56 Å². The summed E-state index contributed by atoms with van der Waals surface area (Å²) in [4.78, 5) is 12.9. The lowest BCUT2D eigenvalue weighted by atomic mass is 9.95. The van der Waals surface area contributed by atoms with Gasteiger partial charge in [-0.15, -0.1) is 0 Å². The van der Waals surface area contributed by atoms with Gasteiger partial charge in [0.05, 0.1) is 19.3 Å². The Hall–Kier alpha value is -2.20. The van der Waals surface area contributed by atoms with Crippen LogP contribution in [0.1, 0.15) is 34.8 Å². The molecule has 120 valence electrons. The van der Waals surface area contributed by atoms with E-state index >= 15 is 0 Å². The fraction of sp³-hybridized carbons (Fsp3) is 0.263. The maximum Gasteiger partial charge on any atom is 0.197 e. The van der Waals surface area contributed by atoms with Crippen molar-refractivity contribution in [2.75, 3.05) is 13.7 Å². The predicted octanol–water partition coefficient (Wildman–Crippen LogP) is 4.22. The van der Waals surface area contributed by atoms with Gasteiger partial charge in [0.2, 0.25) is 0 Å². The first-order valence-corrected chi connectivity index (χ1v) is 7.99. The third-order valence-electron chi connectivity index (χ3n) is 3.52. The van der Waals surface area contributed by atoms with Crippen molar-refractivity contribution >= 4 is 23.1 Å². The lowest BCUT2D eigenvalue weighted by molar-refractivity contribution is 0.103. The van der Waals surface area contributed by atoms with E-state index < -0.39 is 0 Å². The Morgan fingerprint density at radius 3 is 2.39 bits per heavy atom. The highest BCUT2D eigenvalue weighted by Gasteiger charge is 2.17. The monoisotopic (exact) mass is 328 g/mol. The number of hydrogen-bond acceptors (Lipinski definition) is 4. The second kappa shape index (κ2) is 8.44. The molecule has 23 heavy (non-hydrogen) atoms. The van der Waals surface area contributed by atoms with Crippen LogP contribution in [0.5, 0.6) is 5.75 Å². The zero-order valence-electron chi connectivity index (χ0n) is 13.4. The second-order valence-corrected chi connectivity index (χ2v) is 5.45. The minimum atomic E-state index is -0.0413. The molecule has 0 aliphatic heterocycles. The van der Waals surface area contributed by atoms with Gasteiger partial charge in [-0.1, -0.05) is 36.4 Å². The van der Waals surface area contributed by atoms with Crippen LogP contribution < -0.4 is 4.74 Å². The first-order valence-electron chi connectivity index (χ1n) is 7.58. The maximum atomic E-state index is 12.9. The Balaban J connectivity index is 2.25. The molecule has 0 radical (unpaired) electrons. The molecule has 0 aromatic heterocycles. The number of carbonyl (C=O) groups is 1. The Kier molecular flexibility index (Phi) is 6.29. The van der Waals surface area contributed by atoms with E-state index in [0.29, 0.717) is 41.4 Å². The minimum Gasteiger partial charge on any atom is -0.496 e. The molecule has 0 saturated carbocycles. The van der Waals surface area contributed by atoms with Gasteiger partial charge >= 0.3 is 0 Å². The average Bonchev–Trinajstić information content (AvgIpc) is 2.60. The van der Waals surface area contributed by atoms with Crippen molar-refractivity contribution in [1.29, 1.82) is 0 Å². The van der Waals surface area contributed by atoms with Crippen LogP contribution in [-0.4, -0.2) is 24.6 Å². The van der Waals surface area contributed by atoms with Gasteiger partial charge in [-0.3, -0.25) is 4.79 Å². The van der Waals surface area contributed by atoms with Crippen molar-refractivity contribution in [2.24, 2.45) is 0 Å². The van der Waals surface area contributed by atoms with E-state index in [2.05, 4.69) is 0 Å². The number of para-hydroxylation sites is 1. The predicted molar refractivity (Wildman–Crippen MR) is 95.4 cm³/mol. The summed E-state index contributed by atoms with van der Waals surface area (Å²) in [5.41, 5.74) is 2.21. The molecule has 0 N–H and O–H groups in total. The van der Waals surface area contributed by atoms with Gasteiger partial charge in [0, 0.05) is 12.0 Å². The smallest absolute Gasteiger partial charge is 0.197 e. The molecule has 2 aromatic carbocycles. The van der Waals surface area contributed by atoms with Crippen LogP contribution >= 0.6 is 12.2 Å². The Bertz CT molecular complexity index is 695. The standard InChI is InChI=1S/C19H20O3S/c1-3-22-18(23)13-12-14-8-4-5-9-15(14)19(20)16-10-6-7-11-17(16)21-2/h4-11H,3,12-13H2,1-2H3. The maximum absolute atomic E-state index is 12.9. The number of ether oxygens (including phenoxy) is 2. The van der Waals surface area contributed by atoms with Crippen LogP contribution in [0.3, 0.4) is 0 Å². The van der Waals surface area contributed by atoms with Gasteiger partial charge in [0.25, 0.3) is 0 Å². The highest BCUT2D eigenvalue weighted by atomic mass is 32.1. The van der Waals surface area contributed by atoms with Crippen LogP contribution in [0.15, 0.2) is 48.5 Å². The van der Waals surface area contributed by atoms with Gasteiger partial charge in [-0.25, -0.2) is 0 Å². The fourth-order valence-electron chi connectivity index (χ4n) is 2.41. The first-order chi connectivity index (χ1) is 11.2. The van der Waals surface area contributed by atoms with E-state index in [9.17, 15) is 4.79 Å². The summed E-state index contributed by atoms with van der Waals surface area (Å²) in [5, 5.41) is 0.576. The summed E-state index contributed by atoms with van der Waals surface area (Å²) < 4.78 is 10.6. The highest BCUT2D eigenvalue weighted by Crippen LogP contribution is 2.23. The van der Waals surface area contributed by atoms with Crippen molar-refractivity contribution in [1.82, 2.24) is 0 Å². The number of hydrogen-bond donors (Lipinski definition) is 0. The molecule has 0 spiro atoms. The summed E-state index contributed by atoms with van der Waals surface area (Å²) >= 11 is 5.17. The molecule has 0 bridgehead atoms. The number of aryl methyl sites for hydroxylation is 1. The number of carbonyl (C=O) groups excluding carboxylic acids is 1. The van der Waals surface area contributed by atoms with E-state index in [1.165, 1.54) is 0 Å². The van der Waals surface area contributed by atoms with E-state index in [4.69, 9.17) is 21.7 Å². The molecule has 2 aromatic rings. The van der Waals surface area contributed by atoms with Gasteiger partial charge < -0.3 is 9.47 Å². The third kappa shape index (κ3) is 4.39. The Morgan fingerprint density at radius 1 is 1.04 bits per heavy atom. The molecule has 3 nitrogen and oxygen atoms in total. The van der Waals surface area contributed by atoms with Crippen molar-refractivity contribution in [3.63, 3.8) is 0 Å². The molecule has 2 rings (SSSR count). The number of rotatable bonds is 7. The largest absolute Gasteiger partial charge is 0.496 e. The first kappa shape index (κ1) is 17.2. The van der Waals surface area contributed by atoms with Crippen molar-refractivity contribution < 1.29 is 14.3 Å². The van der Waals surface area contributed by atoms with Crippen molar-refractivity contribution in [2.45, 2.75) is 19.8 Å². The number of methoxy groups -OCH3 is 1. The summed E-state index contributed by atoms with van der Waals surface area (Å²) in [6, 6.07) is 14.9. The van der Waals surface area contributed by atoms with Crippen LogP contribution in [0.2, 0.25) is 0 Å². The summed E-state index contributed by atoms with van der Waals surface area (Å²) in [6.07, 6.45) is 1.30. The van der Waals surface area contributed by atoms with Gasteiger partial charge in [-0.2, -0.15) is 0 Å². The average molecular weight is 328 g/mol. The SMILES string of the molecule is CCOC(=S)CCc1ccccc1C(=O)c1ccccc1OC. The zero-order chi connectivity index (χ0) is 16.7. The van der Waals surface area contributed by atoms with Crippen LogP contribution in [0.25, 0.3) is 0 Å². The van der Waals surface area contributed by atoms with Crippen LogP contribution in [0, 0.1) is 0 Å². The normalized spacial score (nSPS) is 10.2. The molecule has 0 heterocycles. The summed E-state index contributed by atoms with van der Waals surface area (Å²) in [5.74, 6) is 0.539. The number of benzene rings is 2. The van der Waals surface area contributed by atoms with Crippen molar-refractivity contribution in [3.05, 3.63) is 65.2 Å². The molecule has 4 heteroatoms. The molecule has 0 aliphatic carbocycles.